The van der Waals surface area contributed by atoms with Crippen LogP contribution >= 0.6 is 27.5 Å². The minimum Gasteiger partial charge on any atom is -0.444 e. The van der Waals surface area contributed by atoms with Gasteiger partial charge in [-0.05, 0) is 68.6 Å². The van der Waals surface area contributed by atoms with E-state index in [0.717, 1.165) is 29.5 Å². The summed E-state index contributed by atoms with van der Waals surface area (Å²) in [5, 5.41) is 9.91. The Kier molecular flexibility index (Phi) is 5.39. The second-order valence-electron chi connectivity index (χ2n) is 8.74. The third-order valence-corrected chi connectivity index (χ3v) is 6.55. The number of rotatable bonds is 1. The van der Waals surface area contributed by atoms with Crippen molar-refractivity contribution < 1.29 is 9.53 Å². The fourth-order valence-corrected chi connectivity index (χ4v) is 4.87. The van der Waals surface area contributed by atoms with E-state index < -0.39 is 5.60 Å². The Balaban J connectivity index is 1.79. The molecule has 0 saturated carbocycles. The van der Waals surface area contributed by atoms with Gasteiger partial charge in [0.25, 0.3) is 0 Å². The molecule has 7 heteroatoms. The maximum atomic E-state index is 12.4. The van der Waals surface area contributed by atoms with Crippen LogP contribution in [0.4, 0.5) is 10.5 Å². The van der Waals surface area contributed by atoms with Crippen molar-refractivity contribution in [1.82, 2.24) is 4.90 Å². The van der Waals surface area contributed by atoms with Crippen molar-refractivity contribution in [2.24, 2.45) is 5.41 Å². The van der Waals surface area contributed by atoms with Crippen LogP contribution < -0.4 is 4.90 Å². The molecule has 1 aromatic carbocycles. The Morgan fingerprint density at radius 1 is 1.41 bits per heavy atom. The number of nitriles is 1. The maximum Gasteiger partial charge on any atom is 0.410 e. The van der Waals surface area contributed by atoms with E-state index in [1.165, 1.54) is 0 Å². The molecule has 2 aliphatic rings. The largest absolute Gasteiger partial charge is 0.444 e. The summed E-state index contributed by atoms with van der Waals surface area (Å²) in [5.74, 6) is 0. The molecule has 0 N–H and O–H groups in total. The molecule has 2 unspecified atom stereocenters. The number of hydrogen-bond donors (Lipinski definition) is 0. The Labute approximate surface area is 174 Å². The highest BCUT2D eigenvalue weighted by Crippen LogP contribution is 2.47. The average molecular weight is 455 g/mol. The summed E-state index contributed by atoms with van der Waals surface area (Å²) in [6.45, 7) is 10.1. The number of benzene rings is 1. The van der Waals surface area contributed by atoms with Gasteiger partial charge >= 0.3 is 6.09 Å². The van der Waals surface area contributed by atoms with E-state index >= 15 is 0 Å². The van der Waals surface area contributed by atoms with Gasteiger partial charge in [-0.3, -0.25) is 0 Å². The van der Waals surface area contributed by atoms with E-state index in [9.17, 15) is 10.1 Å². The van der Waals surface area contributed by atoms with Crippen molar-refractivity contribution in [2.45, 2.75) is 52.2 Å². The zero-order valence-electron chi connectivity index (χ0n) is 16.2. The van der Waals surface area contributed by atoms with E-state index in [-0.39, 0.29) is 17.6 Å². The number of ether oxygens (including phenoxy) is 1. The monoisotopic (exact) mass is 453 g/mol. The van der Waals surface area contributed by atoms with Gasteiger partial charge in [0.15, 0.2) is 0 Å². The predicted molar refractivity (Wildman–Crippen MR) is 110 cm³/mol. The lowest BCUT2D eigenvalue weighted by Gasteiger charge is -2.28. The van der Waals surface area contributed by atoms with Crippen LogP contribution in [-0.4, -0.2) is 42.3 Å². The summed E-state index contributed by atoms with van der Waals surface area (Å²) in [6.07, 6.45) is 1.69. The summed E-state index contributed by atoms with van der Waals surface area (Å²) >= 11 is 9.99. The van der Waals surface area contributed by atoms with Gasteiger partial charge in [-0.1, -0.05) is 11.6 Å². The molecule has 2 atom stereocenters. The first-order valence-corrected chi connectivity index (χ1v) is 10.3. The minimum atomic E-state index is -0.487. The predicted octanol–water partition coefficient (Wildman–Crippen LogP) is 5.20. The highest BCUT2D eigenvalue weighted by molar-refractivity contribution is 9.10. The smallest absolute Gasteiger partial charge is 0.410 e. The molecule has 1 spiro atoms. The number of amides is 1. The molecular weight excluding hydrogens is 430 g/mol. The molecule has 0 radical (unpaired) electrons. The first-order valence-electron chi connectivity index (χ1n) is 9.17. The Morgan fingerprint density at radius 2 is 2.11 bits per heavy atom. The molecule has 1 aromatic rings. The van der Waals surface area contributed by atoms with Crippen molar-refractivity contribution in [3.63, 3.8) is 0 Å². The molecule has 2 aliphatic heterocycles. The third kappa shape index (κ3) is 4.20. The summed E-state index contributed by atoms with van der Waals surface area (Å²) < 4.78 is 6.27. The van der Waals surface area contributed by atoms with Gasteiger partial charge in [0, 0.05) is 35.6 Å². The summed E-state index contributed by atoms with van der Waals surface area (Å²) in [7, 11) is 0. The number of halogens is 2. The van der Waals surface area contributed by atoms with Gasteiger partial charge < -0.3 is 14.5 Å². The fraction of sp³-hybridized carbons (Fsp3) is 0.600. The van der Waals surface area contributed by atoms with Gasteiger partial charge in [0.2, 0.25) is 0 Å². The molecule has 1 amide bonds. The number of hydrogen-bond acceptors (Lipinski definition) is 4. The third-order valence-electron chi connectivity index (χ3n) is 5.30. The Bertz CT molecular complexity index is 802. The molecule has 146 valence electrons. The lowest BCUT2D eigenvalue weighted by molar-refractivity contribution is 0.0275. The fourth-order valence-electron chi connectivity index (χ4n) is 4.20. The van der Waals surface area contributed by atoms with Crippen molar-refractivity contribution in [2.75, 3.05) is 24.5 Å². The Morgan fingerprint density at radius 3 is 2.74 bits per heavy atom. The van der Waals surface area contributed by atoms with Gasteiger partial charge in [-0.2, -0.15) is 5.26 Å². The first kappa shape index (κ1) is 20.3. The van der Waals surface area contributed by atoms with Crippen LogP contribution in [0.5, 0.6) is 0 Å². The van der Waals surface area contributed by atoms with Crippen LogP contribution in [0.3, 0.4) is 0 Å². The maximum absolute atomic E-state index is 12.4. The van der Waals surface area contributed by atoms with Crippen LogP contribution in [0.2, 0.25) is 5.02 Å². The van der Waals surface area contributed by atoms with Crippen molar-refractivity contribution in [1.29, 1.82) is 5.26 Å². The molecule has 3 rings (SSSR count). The number of carbonyl (C=O) groups excluding carboxylic acids is 1. The van der Waals surface area contributed by atoms with Crippen molar-refractivity contribution in [3.8, 4) is 6.07 Å². The van der Waals surface area contributed by atoms with Crippen LogP contribution in [-0.2, 0) is 4.74 Å². The number of nitrogens with zero attached hydrogens (tertiary/aromatic N) is 3. The van der Waals surface area contributed by atoms with E-state index in [1.807, 2.05) is 31.7 Å². The summed E-state index contributed by atoms with van der Waals surface area (Å²) in [4.78, 5) is 16.5. The van der Waals surface area contributed by atoms with Gasteiger partial charge in [0.05, 0.1) is 22.3 Å². The van der Waals surface area contributed by atoms with Crippen molar-refractivity contribution >= 4 is 39.3 Å². The molecule has 2 fully saturated rings. The van der Waals surface area contributed by atoms with Crippen molar-refractivity contribution in [3.05, 3.63) is 27.2 Å². The van der Waals surface area contributed by atoms with Crippen LogP contribution in [0.1, 0.15) is 46.1 Å². The van der Waals surface area contributed by atoms with E-state index in [1.54, 1.807) is 6.07 Å². The van der Waals surface area contributed by atoms with E-state index in [4.69, 9.17) is 16.3 Å². The zero-order chi connectivity index (χ0) is 20.0. The number of anilines is 1. The lowest BCUT2D eigenvalue weighted by atomic mass is 9.85. The number of likely N-dealkylation sites (tertiary alicyclic amines) is 1. The van der Waals surface area contributed by atoms with Crippen LogP contribution in [0.15, 0.2) is 16.6 Å². The SMILES string of the molecule is CC1CC2(CCN(C(=O)OC(C)(C)C)C2)CN1c1cc(C#N)cc(Br)c1Cl. The van der Waals surface area contributed by atoms with Crippen LogP contribution in [0, 0.1) is 16.7 Å². The van der Waals surface area contributed by atoms with E-state index in [2.05, 4.69) is 33.8 Å². The number of carbonyl (C=O) groups is 1. The second-order valence-corrected chi connectivity index (χ2v) is 9.97. The molecule has 2 heterocycles. The summed E-state index contributed by atoms with van der Waals surface area (Å²) in [6, 6.07) is 6.06. The Hall–Kier alpha value is -1.45. The molecule has 0 aromatic heterocycles. The standard InChI is InChI=1S/C20H25BrClN3O2/c1-13-9-20(5-6-24(11-20)18(26)27-19(2,3)4)12-25(13)16-8-14(10-23)7-15(21)17(16)22/h7-8,13H,5-6,9,11-12H2,1-4H3. The average Bonchev–Trinajstić information content (AvgIpc) is 3.12. The topological polar surface area (TPSA) is 56.6 Å². The quantitative estimate of drug-likeness (QED) is 0.585. The van der Waals surface area contributed by atoms with Gasteiger partial charge in [-0.25, -0.2) is 4.79 Å². The zero-order valence-corrected chi connectivity index (χ0v) is 18.5. The van der Waals surface area contributed by atoms with Gasteiger partial charge in [-0.15, -0.1) is 0 Å². The minimum absolute atomic E-state index is 0.0365. The molecule has 0 aliphatic carbocycles. The van der Waals surface area contributed by atoms with Crippen LogP contribution in [0.25, 0.3) is 0 Å². The lowest BCUT2D eigenvalue weighted by Crippen LogP contribution is -2.37. The molecule has 0 bridgehead atoms. The molecule has 5 nitrogen and oxygen atoms in total. The molecule has 2 saturated heterocycles. The second kappa shape index (κ2) is 7.18. The van der Waals surface area contributed by atoms with Gasteiger partial charge in [0.1, 0.15) is 5.60 Å². The molecule has 27 heavy (non-hydrogen) atoms. The highest BCUT2D eigenvalue weighted by Gasteiger charge is 2.48. The summed E-state index contributed by atoms with van der Waals surface area (Å²) in [5.41, 5.74) is 1.01. The normalized spacial score (nSPS) is 25.1. The highest BCUT2D eigenvalue weighted by atomic mass is 79.9. The first-order chi connectivity index (χ1) is 12.5. The van der Waals surface area contributed by atoms with E-state index in [0.29, 0.717) is 23.7 Å². The molecular formula is C20H25BrClN3O2.